The molecule has 0 atom stereocenters. The average Bonchev–Trinajstić information content (AvgIpc) is 2.45. The Morgan fingerprint density at radius 3 is 2.89 bits per heavy atom. The fourth-order valence-electron chi connectivity index (χ4n) is 2.20. The van der Waals surface area contributed by atoms with E-state index in [-0.39, 0.29) is 18.4 Å². The molecule has 2 rings (SSSR count). The van der Waals surface area contributed by atoms with Crippen LogP contribution in [0.25, 0.3) is 0 Å². The van der Waals surface area contributed by atoms with Crippen molar-refractivity contribution in [3.63, 3.8) is 0 Å². The first-order chi connectivity index (χ1) is 9.11. The lowest BCUT2D eigenvalue weighted by Crippen LogP contribution is -2.37. The normalized spacial score (nSPS) is 13.6. The summed E-state index contributed by atoms with van der Waals surface area (Å²) in [4.78, 5) is 24.9. The summed E-state index contributed by atoms with van der Waals surface area (Å²) in [6, 6.07) is 5.77. The highest BCUT2D eigenvalue weighted by Gasteiger charge is 2.16. The number of amides is 2. The van der Waals surface area contributed by atoms with Gasteiger partial charge in [-0.15, -0.1) is 0 Å². The zero-order valence-corrected chi connectivity index (χ0v) is 11.3. The molecular formula is C14H19N3O2. The van der Waals surface area contributed by atoms with E-state index >= 15 is 0 Å². The van der Waals surface area contributed by atoms with Crippen molar-refractivity contribution in [2.24, 2.45) is 0 Å². The van der Waals surface area contributed by atoms with Gasteiger partial charge in [0.25, 0.3) is 5.91 Å². The van der Waals surface area contributed by atoms with E-state index in [1.807, 2.05) is 18.2 Å². The zero-order valence-electron chi connectivity index (χ0n) is 11.3. The molecule has 1 aromatic carbocycles. The van der Waals surface area contributed by atoms with Crippen molar-refractivity contribution in [2.45, 2.75) is 13.0 Å². The third-order valence-corrected chi connectivity index (χ3v) is 3.35. The van der Waals surface area contributed by atoms with Crippen LogP contribution in [0, 0.1) is 0 Å². The van der Waals surface area contributed by atoms with E-state index in [0.29, 0.717) is 5.56 Å². The molecule has 0 fully saturated rings. The Kier molecular flexibility index (Phi) is 4.16. The molecule has 0 saturated carbocycles. The molecule has 0 spiro atoms. The zero-order chi connectivity index (χ0) is 13.8. The van der Waals surface area contributed by atoms with E-state index in [4.69, 9.17) is 0 Å². The van der Waals surface area contributed by atoms with Gasteiger partial charge in [0.2, 0.25) is 5.91 Å². The molecule has 102 valence electrons. The lowest BCUT2D eigenvalue weighted by molar-refractivity contribution is -0.121. The van der Waals surface area contributed by atoms with Gasteiger partial charge in [0, 0.05) is 26.2 Å². The Hall–Kier alpha value is -1.88. The van der Waals surface area contributed by atoms with Crippen molar-refractivity contribution < 1.29 is 9.59 Å². The number of nitrogens with zero attached hydrogens (tertiary/aromatic N) is 1. The third-order valence-electron chi connectivity index (χ3n) is 3.35. The van der Waals surface area contributed by atoms with Crippen LogP contribution in [0.4, 0.5) is 0 Å². The van der Waals surface area contributed by atoms with Crippen LogP contribution in [0.1, 0.15) is 21.5 Å². The number of carbonyl (C=O) groups is 2. The fourth-order valence-corrected chi connectivity index (χ4v) is 2.20. The summed E-state index contributed by atoms with van der Waals surface area (Å²) >= 11 is 0. The van der Waals surface area contributed by atoms with Crippen molar-refractivity contribution in [2.75, 3.05) is 27.2 Å². The largest absolute Gasteiger partial charge is 0.358 e. The lowest BCUT2D eigenvalue weighted by Gasteiger charge is -2.20. The van der Waals surface area contributed by atoms with Gasteiger partial charge < -0.3 is 15.5 Å². The van der Waals surface area contributed by atoms with Gasteiger partial charge in [-0.2, -0.15) is 0 Å². The van der Waals surface area contributed by atoms with Crippen LogP contribution >= 0.6 is 0 Å². The van der Waals surface area contributed by atoms with Crippen LogP contribution in [0.3, 0.4) is 0 Å². The second-order valence-electron chi connectivity index (χ2n) is 4.74. The Morgan fingerprint density at radius 1 is 1.37 bits per heavy atom. The average molecular weight is 261 g/mol. The molecule has 1 aromatic rings. The van der Waals surface area contributed by atoms with Gasteiger partial charge in [-0.1, -0.05) is 6.07 Å². The van der Waals surface area contributed by atoms with E-state index < -0.39 is 0 Å². The standard InChI is InChI=1S/C14H19N3O2/c1-15-13(18)9-17(2)14(19)11-4-3-10-5-6-16-8-12(10)7-11/h3-4,7,16H,5-6,8-9H2,1-2H3,(H,15,18). The first kappa shape index (κ1) is 13.5. The molecule has 5 heteroatoms. The Morgan fingerprint density at radius 2 is 2.16 bits per heavy atom. The number of nitrogens with one attached hydrogen (secondary N) is 2. The number of likely N-dealkylation sites (N-methyl/N-ethyl adjacent to an activating group) is 2. The molecule has 1 aliphatic rings. The van der Waals surface area contributed by atoms with Crippen LogP contribution in [-0.4, -0.2) is 43.9 Å². The van der Waals surface area contributed by atoms with Crippen molar-refractivity contribution in [1.82, 2.24) is 15.5 Å². The molecule has 0 saturated heterocycles. The second kappa shape index (κ2) is 5.84. The predicted molar refractivity (Wildman–Crippen MR) is 72.9 cm³/mol. The summed E-state index contributed by atoms with van der Waals surface area (Å²) in [6.45, 7) is 1.86. The molecule has 0 aromatic heterocycles. The molecule has 2 N–H and O–H groups in total. The van der Waals surface area contributed by atoms with Gasteiger partial charge in [0.15, 0.2) is 0 Å². The number of benzene rings is 1. The van der Waals surface area contributed by atoms with Gasteiger partial charge in [-0.25, -0.2) is 0 Å². The van der Waals surface area contributed by atoms with E-state index in [9.17, 15) is 9.59 Å². The number of hydrogen-bond acceptors (Lipinski definition) is 3. The van der Waals surface area contributed by atoms with Crippen LogP contribution in [-0.2, 0) is 17.8 Å². The Labute approximate surface area is 113 Å². The number of rotatable bonds is 3. The molecule has 1 aliphatic heterocycles. The monoisotopic (exact) mass is 261 g/mol. The summed E-state index contributed by atoms with van der Waals surface area (Å²) in [6.07, 6.45) is 0.998. The summed E-state index contributed by atoms with van der Waals surface area (Å²) in [5, 5.41) is 5.80. The molecule has 0 bridgehead atoms. The van der Waals surface area contributed by atoms with Crippen molar-refractivity contribution >= 4 is 11.8 Å². The highest BCUT2D eigenvalue weighted by molar-refractivity contribution is 5.96. The number of fused-ring (bicyclic) bond motifs is 1. The minimum atomic E-state index is -0.171. The maximum Gasteiger partial charge on any atom is 0.254 e. The maximum absolute atomic E-state index is 12.2. The van der Waals surface area contributed by atoms with Crippen molar-refractivity contribution in [3.05, 3.63) is 34.9 Å². The van der Waals surface area contributed by atoms with E-state index in [1.54, 1.807) is 14.1 Å². The van der Waals surface area contributed by atoms with E-state index in [0.717, 1.165) is 19.5 Å². The molecule has 19 heavy (non-hydrogen) atoms. The first-order valence-corrected chi connectivity index (χ1v) is 6.40. The maximum atomic E-state index is 12.2. The van der Waals surface area contributed by atoms with Crippen molar-refractivity contribution in [3.8, 4) is 0 Å². The minimum Gasteiger partial charge on any atom is -0.358 e. The van der Waals surface area contributed by atoms with Gasteiger partial charge in [-0.05, 0) is 36.2 Å². The molecule has 1 heterocycles. The Bertz CT molecular complexity index is 499. The summed E-state index contributed by atoms with van der Waals surface area (Å²) in [7, 11) is 3.19. The molecule has 5 nitrogen and oxygen atoms in total. The van der Waals surface area contributed by atoms with Gasteiger partial charge >= 0.3 is 0 Å². The summed E-state index contributed by atoms with van der Waals surface area (Å²) < 4.78 is 0. The van der Waals surface area contributed by atoms with Crippen LogP contribution in [0.5, 0.6) is 0 Å². The molecule has 2 amide bonds. The Balaban J connectivity index is 2.12. The molecule has 0 aliphatic carbocycles. The number of carbonyl (C=O) groups excluding carboxylic acids is 2. The third kappa shape index (κ3) is 3.12. The summed E-state index contributed by atoms with van der Waals surface area (Å²) in [5.41, 5.74) is 3.10. The van der Waals surface area contributed by atoms with E-state index in [1.165, 1.54) is 16.0 Å². The molecule has 0 unspecified atom stereocenters. The SMILES string of the molecule is CNC(=O)CN(C)C(=O)c1ccc2c(c1)CNCC2. The molecule has 0 radical (unpaired) electrons. The molecular weight excluding hydrogens is 242 g/mol. The van der Waals surface area contributed by atoms with Crippen LogP contribution in [0.2, 0.25) is 0 Å². The van der Waals surface area contributed by atoms with Gasteiger partial charge in [0.1, 0.15) is 0 Å². The topological polar surface area (TPSA) is 61.4 Å². The fraction of sp³-hybridized carbons (Fsp3) is 0.429. The smallest absolute Gasteiger partial charge is 0.254 e. The van der Waals surface area contributed by atoms with Gasteiger partial charge in [-0.3, -0.25) is 9.59 Å². The van der Waals surface area contributed by atoms with Gasteiger partial charge in [0.05, 0.1) is 6.54 Å². The quantitative estimate of drug-likeness (QED) is 0.814. The summed E-state index contributed by atoms with van der Waals surface area (Å²) in [5.74, 6) is -0.299. The number of hydrogen-bond donors (Lipinski definition) is 2. The highest BCUT2D eigenvalue weighted by atomic mass is 16.2. The highest BCUT2D eigenvalue weighted by Crippen LogP contribution is 2.16. The second-order valence-corrected chi connectivity index (χ2v) is 4.74. The minimum absolute atomic E-state index is 0.0741. The van der Waals surface area contributed by atoms with Crippen molar-refractivity contribution in [1.29, 1.82) is 0 Å². The van der Waals surface area contributed by atoms with Crippen LogP contribution < -0.4 is 10.6 Å². The first-order valence-electron chi connectivity index (χ1n) is 6.40. The van der Waals surface area contributed by atoms with Crippen LogP contribution in [0.15, 0.2) is 18.2 Å². The lowest BCUT2D eigenvalue weighted by atomic mass is 9.98. The van der Waals surface area contributed by atoms with E-state index in [2.05, 4.69) is 10.6 Å². The predicted octanol–water partition coefficient (Wildman–Crippen LogP) is 0.150.